The smallest absolute Gasteiger partial charge is 0.246 e. The predicted molar refractivity (Wildman–Crippen MR) is 67.0 cm³/mol. The van der Waals surface area contributed by atoms with E-state index in [1.54, 1.807) is 24.5 Å². The third-order valence-corrected chi connectivity index (χ3v) is 1.88. The van der Waals surface area contributed by atoms with Gasteiger partial charge in [0, 0.05) is 12.8 Å². The fourth-order valence-electron chi connectivity index (χ4n) is 1.05. The minimum Gasteiger partial charge on any atom is -0.479 e. The third kappa shape index (κ3) is 6.51. The molecule has 0 spiro atoms. The number of ether oxygens (including phenoxy) is 2. The van der Waals surface area contributed by atoms with E-state index in [-0.39, 0.29) is 19.1 Å². The van der Waals surface area contributed by atoms with Crippen LogP contribution in [0.15, 0.2) is 24.5 Å². The highest BCUT2D eigenvalue weighted by atomic mass is 16.5. The molecule has 0 fully saturated rings. The zero-order valence-electron chi connectivity index (χ0n) is 10.3. The van der Waals surface area contributed by atoms with Crippen LogP contribution in [0.2, 0.25) is 0 Å². The summed E-state index contributed by atoms with van der Waals surface area (Å²) in [5.74, 6) is 6.08. The fraction of sp³-hybridized carbons (Fsp3) is 0.385. The summed E-state index contributed by atoms with van der Waals surface area (Å²) in [6, 6.07) is 3.59. The van der Waals surface area contributed by atoms with Crippen LogP contribution in [-0.2, 0) is 9.53 Å². The Balaban J connectivity index is 2.10. The molecule has 5 nitrogen and oxygen atoms in total. The van der Waals surface area contributed by atoms with Gasteiger partial charge in [0.15, 0.2) is 0 Å². The van der Waals surface area contributed by atoms with Crippen LogP contribution in [-0.4, -0.2) is 37.3 Å². The van der Waals surface area contributed by atoms with Gasteiger partial charge in [-0.1, -0.05) is 11.8 Å². The first-order chi connectivity index (χ1) is 8.83. The fourth-order valence-corrected chi connectivity index (χ4v) is 1.05. The Labute approximate surface area is 107 Å². The lowest BCUT2D eigenvalue weighted by Crippen LogP contribution is -2.27. The van der Waals surface area contributed by atoms with Gasteiger partial charge in [0.2, 0.25) is 5.91 Å². The van der Waals surface area contributed by atoms with E-state index in [4.69, 9.17) is 9.47 Å². The van der Waals surface area contributed by atoms with E-state index in [0.717, 1.165) is 0 Å². The van der Waals surface area contributed by atoms with E-state index in [2.05, 4.69) is 22.1 Å². The number of pyridine rings is 1. The Hall–Kier alpha value is -2.06. The normalized spacial score (nSPS) is 9.17. The molecule has 0 aliphatic heterocycles. The van der Waals surface area contributed by atoms with Crippen LogP contribution in [0.4, 0.5) is 0 Å². The molecule has 96 valence electrons. The van der Waals surface area contributed by atoms with Gasteiger partial charge in [0.05, 0.1) is 12.7 Å². The van der Waals surface area contributed by atoms with Crippen molar-refractivity contribution in [1.29, 1.82) is 0 Å². The van der Waals surface area contributed by atoms with Gasteiger partial charge in [-0.15, -0.1) is 0 Å². The second kappa shape index (κ2) is 9.02. The molecule has 0 saturated carbocycles. The summed E-state index contributed by atoms with van der Waals surface area (Å²) in [6.07, 6.45) is 3.29. The average Bonchev–Trinajstić information content (AvgIpc) is 2.41. The third-order valence-electron chi connectivity index (χ3n) is 1.88. The second-order valence-electron chi connectivity index (χ2n) is 3.24. The summed E-state index contributed by atoms with van der Waals surface area (Å²) in [7, 11) is 0. The lowest BCUT2D eigenvalue weighted by atomic mass is 10.5. The first-order valence-corrected chi connectivity index (χ1v) is 5.66. The summed E-state index contributed by atoms with van der Waals surface area (Å²) in [5.41, 5.74) is 0. The molecule has 1 amide bonds. The van der Waals surface area contributed by atoms with E-state index in [1.807, 2.05) is 6.92 Å². The lowest BCUT2D eigenvalue weighted by molar-refractivity contribution is -0.125. The molecule has 1 N–H and O–H groups in total. The monoisotopic (exact) mass is 248 g/mol. The van der Waals surface area contributed by atoms with Gasteiger partial charge in [0.25, 0.3) is 0 Å². The van der Waals surface area contributed by atoms with E-state index in [1.165, 1.54) is 0 Å². The zero-order valence-corrected chi connectivity index (χ0v) is 10.3. The summed E-state index contributed by atoms with van der Waals surface area (Å²) in [6.45, 7) is 3.00. The van der Waals surface area contributed by atoms with Crippen LogP contribution in [0, 0.1) is 11.8 Å². The van der Waals surface area contributed by atoms with Crippen molar-refractivity contribution in [3.05, 3.63) is 24.5 Å². The number of nitrogens with zero attached hydrogens (tertiary/aromatic N) is 1. The van der Waals surface area contributed by atoms with Crippen LogP contribution in [0.1, 0.15) is 6.92 Å². The van der Waals surface area contributed by atoms with Crippen molar-refractivity contribution in [2.45, 2.75) is 6.92 Å². The quantitative estimate of drug-likeness (QED) is 0.750. The molecule has 1 heterocycles. The van der Waals surface area contributed by atoms with Crippen molar-refractivity contribution in [2.75, 3.05) is 26.4 Å². The molecule has 1 aromatic heterocycles. The Morgan fingerprint density at radius 1 is 1.50 bits per heavy atom. The molecule has 18 heavy (non-hydrogen) atoms. The first kappa shape index (κ1) is 14.0. The van der Waals surface area contributed by atoms with E-state index in [9.17, 15) is 4.79 Å². The molecule has 1 rings (SSSR count). The van der Waals surface area contributed by atoms with Gasteiger partial charge in [-0.2, -0.15) is 0 Å². The molecule has 0 saturated heterocycles. The van der Waals surface area contributed by atoms with Crippen molar-refractivity contribution in [2.24, 2.45) is 0 Å². The molecule has 0 aliphatic carbocycles. The topological polar surface area (TPSA) is 60.5 Å². The van der Waals surface area contributed by atoms with Gasteiger partial charge in [-0.3, -0.25) is 9.78 Å². The second-order valence-corrected chi connectivity index (χ2v) is 3.24. The van der Waals surface area contributed by atoms with Crippen molar-refractivity contribution in [3.63, 3.8) is 0 Å². The minimum atomic E-state index is -0.167. The van der Waals surface area contributed by atoms with Gasteiger partial charge in [0.1, 0.15) is 19.0 Å². The van der Waals surface area contributed by atoms with Crippen LogP contribution in [0.25, 0.3) is 0 Å². The Bertz CT molecular complexity index is 409. The van der Waals surface area contributed by atoms with Crippen molar-refractivity contribution in [1.82, 2.24) is 10.3 Å². The Morgan fingerprint density at radius 3 is 3.11 bits per heavy atom. The molecule has 0 aliphatic rings. The molecular formula is C13H16N2O3. The van der Waals surface area contributed by atoms with Crippen LogP contribution < -0.4 is 10.1 Å². The summed E-state index contributed by atoms with van der Waals surface area (Å²) in [5, 5.41) is 2.61. The van der Waals surface area contributed by atoms with E-state index in [0.29, 0.717) is 18.9 Å². The average molecular weight is 248 g/mol. The van der Waals surface area contributed by atoms with Gasteiger partial charge >= 0.3 is 0 Å². The molecule has 1 aromatic rings. The first-order valence-electron chi connectivity index (χ1n) is 5.66. The molecule has 0 atom stereocenters. The molecule has 0 aromatic carbocycles. The van der Waals surface area contributed by atoms with Crippen LogP contribution >= 0.6 is 0 Å². The number of hydrogen-bond acceptors (Lipinski definition) is 4. The summed E-state index contributed by atoms with van der Waals surface area (Å²) >= 11 is 0. The maximum Gasteiger partial charge on any atom is 0.246 e. The standard InChI is InChI=1S/C13H16N2O3/c1-2-17-11-13(16)15-8-3-4-9-18-12-6-5-7-14-10-12/h5-7,10H,2,8-9,11H2,1H3,(H,15,16). The number of amides is 1. The van der Waals surface area contributed by atoms with E-state index >= 15 is 0 Å². The molecule has 5 heteroatoms. The van der Waals surface area contributed by atoms with Gasteiger partial charge < -0.3 is 14.8 Å². The van der Waals surface area contributed by atoms with Gasteiger partial charge in [-0.05, 0) is 19.1 Å². The maximum absolute atomic E-state index is 11.1. The highest BCUT2D eigenvalue weighted by Crippen LogP contribution is 2.04. The number of nitrogens with one attached hydrogen (secondary N) is 1. The van der Waals surface area contributed by atoms with Crippen molar-refractivity contribution >= 4 is 5.91 Å². The lowest BCUT2D eigenvalue weighted by Gasteiger charge is -2.01. The molecule has 0 unspecified atom stereocenters. The molecule has 0 radical (unpaired) electrons. The summed E-state index contributed by atoms with van der Waals surface area (Å²) in [4.78, 5) is 15.0. The molecular weight excluding hydrogens is 232 g/mol. The number of carbonyl (C=O) groups excluding carboxylic acids is 1. The van der Waals surface area contributed by atoms with Crippen molar-refractivity contribution in [3.8, 4) is 17.6 Å². The highest BCUT2D eigenvalue weighted by molar-refractivity contribution is 5.77. The zero-order chi connectivity index (χ0) is 13.1. The number of carbonyl (C=O) groups is 1. The van der Waals surface area contributed by atoms with E-state index < -0.39 is 0 Å². The van der Waals surface area contributed by atoms with Crippen LogP contribution in [0.5, 0.6) is 5.75 Å². The number of aromatic nitrogens is 1. The largest absolute Gasteiger partial charge is 0.479 e. The maximum atomic E-state index is 11.1. The number of rotatable bonds is 6. The highest BCUT2D eigenvalue weighted by Gasteiger charge is 1.96. The van der Waals surface area contributed by atoms with Crippen molar-refractivity contribution < 1.29 is 14.3 Å². The minimum absolute atomic E-state index is 0.0738. The summed E-state index contributed by atoms with van der Waals surface area (Å²) < 4.78 is 10.2. The van der Waals surface area contributed by atoms with Crippen LogP contribution in [0.3, 0.4) is 0 Å². The Kier molecular flexibility index (Phi) is 7.02. The van der Waals surface area contributed by atoms with Gasteiger partial charge in [-0.25, -0.2) is 0 Å². The molecule has 0 bridgehead atoms. The SMILES string of the molecule is CCOCC(=O)NCC#CCOc1cccnc1. The predicted octanol–water partition coefficient (Wildman–Crippen LogP) is 0.616. The number of hydrogen-bond donors (Lipinski definition) is 1. The Morgan fingerprint density at radius 2 is 2.39 bits per heavy atom.